The standard InChI is InChI=1S/C16H11F6N5O4/c17-15(18,19)8-3-9-5-23-7-26(9)10(4-8)25-2-1-14(6-25)11(28)24-13(30)27(14)31-12(29)16(20,21)22/h3-5,7H,1-2,6H2,(H,24,28,30). The number of hydrogen-bond acceptors (Lipinski definition) is 6. The monoisotopic (exact) mass is 451 g/mol. The molecule has 2 aliphatic rings. The predicted octanol–water partition coefficient (Wildman–Crippen LogP) is 1.87. The van der Waals surface area contributed by atoms with Crippen LogP contribution in [-0.2, 0) is 20.6 Å². The number of imide groups is 1. The molecule has 3 amide bonds. The zero-order chi connectivity index (χ0) is 22.8. The first-order valence-corrected chi connectivity index (χ1v) is 8.56. The average Bonchev–Trinajstić information content (AvgIpc) is 3.35. The number of amides is 3. The Hall–Kier alpha value is -3.52. The largest absolute Gasteiger partial charge is 0.493 e. The number of hydrogen-bond donors (Lipinski definition) is 1. The van der Waals surface area contributed by atoms with E-state index in [4.69, 9.17) is 0 Å². The summed E-state index contributed by atoms with van der Waals surface area (Å²) >= 11 is 0. The van der Waals surface area contributed by atoms with Crippen molar-refractivity contribution in [1.82, 2.24) is 19.8 Å². The van der Waals surface area contributed by atoms with Crippen LogP contribution >= 0.6 is 0 Å². The third-order valence-electron chi connectivity index (χ3n) is 5.02. The number of carbonyl (C=O) groups is 3. The molecule has 31 heavy (non-hydrogen) atoms. The molecular weight excluding hydrogens is 440 g/mol. The lowest BCUT2D eigenvalue weighted by Crippen LogP contribution is -2.53. The number of rotatable bonds is 2. The lowest BCUT2D eigenvalue weighted by molar-refractivity contribution is -0.236. The molecule has 1 spiro atoms. The van der Waals surface area contributed by atoms with E-state index in [0.717, 1.165) is 12.1 Å². The summed E-state index contributed by atoms with van der Waals surface area (Å²) in [5.74, 6) is -3.82. The van der Waals surface area contributed by atoms with Gasteiger partial charge in [-0.25, -0.2) is 14.6 Å². The first-order valence-electron chi connectivity index (χ1n) is 8.56. The summed E-state index contributed by atoms with van der Waals surface area (Å²) in [6, 6.07) is 0.251. The van der Waals surface area contributed by atoms with Crippen molar-refractivity contribution >= 4 is 29.2 Å². The Morgan fingerprint density at radius 3 is 2.52 bits per heavy atom. The topological polar surface area (TPSA) is 96.2 Å². The molecule has 0 saturated carbocycles. The van der Waals surface area contributed by atoms with E-state index in [1.54, 1.807) is 5.32 Å². The number of halogens is 6. The van der Waals surface area contributed by atoms with Crippen molar-refractivity contribution in [1.29, 1.82) is 0 Å². The van der Waals surface area contributed by atoms with Crippen molar-refractivity contribution in [3.63, 3.8) is 0 Å². The van der Waals surface area contributed by atoms with E-state index in [0.29, 0.717) is 0 Å². The van der Waals surface area contributed by atoms with Gasteiger partial charge in [-0.15, -0.1) is 5.06 Å². The number of urea groups is 1. The second-order valence-electron chi connectivity index (χ2n) is 6.92. The molecule has 4 rings (SSSR count). The van der Waals surface area contributed by atoms with Gasteiger partial charge < -0.3 is 9.74 Å². The summed E-state index contributed by atoms with van der Waals surface area (Å²) in [6.45, 7) is -0.653. The first kappa shape index (κ1) is 20.7. The average molecular weight is 451 g/mol. The highest BCUT2D eigenvalue weighted by Gasteiger charge is 2.61. The van der Waals surface area contributed by atoms with Gasteiger partial charge in [-0.05, 0) is 12.1 Å². The molecule has 2 fully saturated rings. The molecule has 0 bridgehead atoms. The molecular formula is C16H11F6N5O4. The van der Waals surface area contributed by atoms with E-state index < -0.39 is 47.9 Å². The van der Waals surface area contributed by atoms with E-state index in [-0.39, 0.29) is 29.4 Å². The minimum atomic E-state index is -5.44. The van der Waals surface area contributed by atoms with Gasteiger partial charge in [0.15, 0.2) is 5.54 Å². The van der Waals surface area contributed by atoms with Gasteiger partial charge >= 0.3 is 24.4 Å². The SMILES string of the molecule is O=C1NC(=O)C2(CCN(c3cc(C(F)(F)F)cc4cncn34)C2)N1OC(=O)C(F)(F)F. The highest BCUT2D eigenvalue weighted by Crippen LogP contribution is 2.38. The van der Waals surface area contributed by atoms with Crippen LogP contribution in [0.15, 0.2) is 24.7 Å². The second kappa shape index (κ2) is 6.49. The van der Waals surface area contributed by atoms with Crippen molar-refractivity contribution in [2.75, 3.05) is 18.0 Å². The van der Waals surface area contributed by atoms with Crippen molar-refractivity contribution < 1.29 is 45.6 Å². The van der Waals surface area contributed by atoms with Crippen molar-refractivity contribution in [3.8, 4) is 0 Å². The Kier molecular flexibility index (Phi) is 4.34. The number of nitrogens with one attached hydrogen (secondary N) is 1. The number of pyridine rings is 1. The second-order valence-corrected chi connectivity index (χ2v) is 6.92. The summed E-state index contributed by atoms with van der Waals surface area (Å²) in [5.41, 5.74) is -2.97. The number of imidazole rings is 1. The summed E-state index contributed by atoms with van der Waals surface area (Å²) < 4.78 is 78.9. The van der Waals surface area contributed by atoms with Crippen LogP contribution in [0.2, 0.25) is 0 Å². The molecule has 9 nitrogen and oxygen atoms in total. The van der Waals surface area contributed by atoms with Crippen LogP contribution in [0.4, 0.5) is 37.0 Å². The van der Waals surface area contributed by atoms with E-state index in [9.17, 15) is 40.7 Å². The fourth-order valence-corrected chi connectivity index (χ4v) is 3.58. The van der Waals surface area contributed by atoms with Gasteiger partial charge in [-0.3, -0.25) is 14.5 Å². The van der Waals surface area contributed by atoms with Crippen molar-refractivity contribution in [3.05, 3.63) is 30.2 Å². The normalized spacial score (nSPS) is 22.0. The van der Waals surface area contributed by atoms with Crippen LogP contribution in [0.5, 0.6) is 0 Å². The highest BCUT2D eigenvalue weighted by atomic mass is 19.4. The number of hydroxylamine groups is 2. The number of aromatic nitrogens is 2. The Morgan fingerprint density at radius 2 is 1.87 bits per heavy atom. The molecule has 0 aliphatic carbocycles. The lowest BCUT2D eigenvalue weighted by Gasteiger charge is -2.30. The number of alkyl halides is 6. The van der Waals surface area contributed by atoms with Gasteiger partial charge in [-0.2, -0.15) is 26.3 Å². The Morgan fingerprint density at radius 1 is 1.16 bits per heavy atom. The molecule has 166 valence electrons. The molecule has 2 aliphatic heterocycles. The maximum absolute atomic E-state index is 13.3. The maximum atomic E-state index is 13.3. The Labute approximate surface area is 168 Å². The van der Waals surface area contributed by atoms with E-state index in [2.05, 4.69) is 9.82 Å². The van der Waals surface area contributed by atoms with Crippen LogP contribution in [0, 0.1) is 0 Å². The molecule has 0 aromatic carbocycles. The van der Waals surface area contributed by atoms with Gasteiger partial charge in [0.1, 0.15) is 12.1 Å². The van der Waals surface area contributed by atoms with E-state index in [1.165, 1.54) is 21.8 Å². The zero-order valence-corrected chi connectivity index (χ0v) is 15.1. The van der Waals surface area contributed by atoms with Gasteiger partial charge in [0, 0.05) is 13.0 Å². The predicted molar refractivity (Wildman–Crippen MR) is 87.3 cm³/mol. The highest BCUT2D eigenvalue weighted by molar-refractivity contribution is 6.07. The van der Waals surface area contributed by atoms with Gasteiger partial charge in [-0.1, -0.05) is 0 Å². The number of fused-ring (bicyclic) bond motifs is 1. The van der Waals surface area contributed by atoms with Crippen molar-refractivity contribution in [2.24, 2.45) is 0 Å². The van der Waals surface area contributed by atoms with Crippen molar-refractivity contribution in [2.45, 2.75) is 24.3 Å². The lowest BCUT2D eigenvalue weighted by atomic mass is 9.99. The smallest absolute Gasteiger partial charge is 0.355 e. The molecule has 4 heterocycles. The maximum Gasteiger partial charge on any atom is 0.493 e. The van der Waals surface area contributed by atoms with Gasteiger partial charge in [0.2, 0.25) is 0 Å². The summed E-state index contributed by atoms with van der Waals surface area (Å²) in [6.07, 6.45) is -8.05. The van der Waals surface area contributed by atoms with Crippen LogP contribution in [0.3, 0.4) is 0 Å². The quantitative estimate of drug-likeness (QED) is 0.554. The van der Waals surface area contributed by atoms with Crippen LogP contribution in [-0.4, -0.2) is 57.2 Å². The third-order valence-corrected chi connectivity index (χ3v) is 5.02. The number of anilines is 1. The Bertz CT molecular complexity index is 1100. The number of nitrogens with zero attached hydrogens (tertiary/aromatic N) is 4. The summed E-state index contributed by atoms with van der Waals surface area (Å²) in [4.78, 5) is 44.8. The molecule has 2 aromatic heterocycles. The third kappa shape index (κ3) is 3.29. The Balaban J connectivity index is 1.71. The molecule has 0 radical (unpaired) electrons. The fraction of sp³-hybridized carbons (Fsp3) is 0.375. The molecule has 1 N–H and O–H groups in total. The van der Waals surface area contributed by atoms with Crippen LogP contribution in [0.25, 0.3) is 5.52 Å². The van der Waals surface area contributed by atoms with E-state index in [1.807, 2.05) is 0 Å². The minimum Gasteiger partial charge on any atom is -0.355 e. The molecule has 2 aromatic rings. The number of carbonyl (C=O) groups excluding carboxylic acids is 3. The first-order chi connectivity index (χ1) is 14.3. The summed E-state index contributed by atoms with van der Waals surface area (Å²) in [7, 11) is 0. The van der Waals surface area contributed by atoms with Crippen LogP contribution < -0.4 is 10.2 Å². The van der Waals surface area contributed by atoms with Gasteiger partial charge in [0.25, 0.3) is 5.91 Å². The zero-order valence-electron chi connectivity index (χ0n) is 15.1. The molecule has 1 unspecified atom stereocenters. The molecule has 2 saturated heterocycles. The van der Waals surface area contributed by atoms with E-state index >= 15 is 0 Å². The minimum absolute atomic E-state index is 0.00384. The fourth-order valence-electron chi connectivity index (χ4n) is 3.58. The van der Waals surface area contributed by atoms with Gasteiger partial charge in [0.05, 0.1) is 23.8 Å². The molecule has 1 atom stereocenters. The summed E-state index contributed by atoms with van der Waals surface area (Å²) in [5, 5.41) is 1.78. The van der Waals surface area contributed by atoms with Crippen LogP contribution in [0.1, 0.15) is 12.0 Å². The molecule has 15 heteroatoms.